The molecule has 6 atom stereocenters. The van der Waals surface area contributed by atoms with Crippen LogP contribution in [0.4, 0.5) is 16.2 Å². The first-order valence-electron chi connectivity index (χ1n) is 14.3. The molecule has 1 saturated heterocycles. The zero-order chi connectivity index (χ0) is 31.1. The molecule has 13 nitrogen and oxygen atoms in total. The summed E-state index contributed by atoms with van der Waals surface area (Å²) in [5, 5.41) is 13.8. The Bertz CT molecular complexity index is 1500. The van der Waals surface area contributed by atoms with Gasteiger partial charge in [0.25, 0.3) is 7.52 Å². The number of carbonyl (C=O) groups is 1. The van der Waals surface area contributed by atoms with Crippen LogP contribution in [0, 0.1) is 0 Å². The first kappa shape index (κ1) is 31.3. The molecule has 234 valence electrons. The summed E-state index contributed by atoms with van der Waals surface area (Å²) in [6, 6.07) is 8.30. The van der Waals surface area contributed by atoms with Crippen molar-refractivity contribution in [1.82, 2.24) is 24.6 Å². The van der Waals surface area contributed by atoms with Gasteiger partial charge in [-0.1, -0.05) is 30.3 Å². The average molecular weight is 620 g/mol. The second-order valence-electron chi connectivity index (χ2n) is 11.6. The number of benzene rings is 1. The van der Waals surface area contributed by atoms with Crippen molar-refractivity contribution in [3.8, 4) is 0 Å². The molecular weight excluding hydrogens is 580 g/mol. The van der Waals surface area contributed by atoms with E-state index >= 15 is 4.39 Å². The van der Waals surface area contributed by atoms with Crippen molar-refractivity contribution in [2.75, 3.05) is 24.3 Å². The lowest BCUT2D eigenvalue weighted by Crippen LogP contribution is -2.41. The second-order valence-corrected chi connectivity index (χ2v) is 13.8. The smallest absolute Gasteiger partial charge is 0.323 e. The Balaban J connectivity index is 1.37. The highest BCUT2D eigenvalue weighted by Gasteiger charge is 2.56. The number of nitrogens with one attached hydrogen (secondary N) is 1. The van der Waals surface area contributed by atoms with Gasteiger partial charge in [0.1, 0.15) is 18.2 Å². The van der Waals surface area contributed by atoms with Crippen LogP contribution in [0.3, 0.4) is 0 Å². The summed E-state index contributed by atoms with van der Waals surface area (Å²) in [4.78, 5) is 27.6. The molecule has 0 amide bonds. The van der Waals surface area contributed by atoms with Crippen molar-refractivity contribution in [2.24, 2.45) is 0 Å². The third-order valence-corrected chi connectivity index (χ3v) is 9.72. The van der Waals surface area contributed by atoms with E-state index in [2.05, 4.69) is 20.0 Å². The fourth-order valence-electron chi connectivity index (χ4n) is 5.15. The van der Waals surface area contributed by atoms with Crippen LogP contribution in [0.5, 0.6) is 0 Å². The van der Waals surface area contributed by atoms with Crippen LogP contribution in [0.1, 0.15) is 52.3 Å². The SMILES string of the molecule is CC(C)OC(=O)[C@H](C)N[P@@](=O)(Cc1ccccc1)OC[C@H]1O[C@@H](n2cnc3c(N(C)C4CC4)nc(N)nc32)[C@](C)(F)[C@@H]1O. The quantitative estimate of drug-likeness (QED) is 0.200. The number of alkyl halides is 1. The molecule has 0 unspecified atom stereocenters. The Kier molecular flexibility index (Phi) is 8.79. The van der Waals surface area contributed by atoms with Gasteiger partial charge < -0.3 is 29.7 Å². The number of rotatable bonds is 12. The van der Waals surface area contributed by atoms with Crippen LogP contribution >= 0.6 is 7.52 Å². The van der Waals surface area contributed by atoms with E-state index < -0.39 is 50.2 Å². The summed E-state index contributed by atoms with van der Waals surface area (Å²) in [7, 11) is -1.89. The molecule has 0 spiro atoms. The Hall–Kier alpha value is -3.16. The van der Waals surface area contributed by atoms with Gasteiger partial charge in [0, 0.05) is 13.1 Å². The van der Waals surface area contributed by atoms with Crippen LogP contribution in [0.2, 0.25) is 0 Å². The summed E-state index contributed by atoms with van der Waals surface area (Å²) in [5.74, 6) is -0.0741. The van der Waals surface area contributed by atoms with E-state index in [9.17, 15) is 14.5 Å². The van der Waals surface area contributed by atoms with E-state index in [0.717, 1.165) is 12.8 Å². The predicted octanol–water partition coefficient (Wildman–Crippen LogP) is 3.33. The highest BCUT2D eigenvalue weighted by Crippen LogP contribution is 2.49. The van der Waals surface area contributed by atoms with Gasteiger partial charge in [-0.15, -0.1) is 0 Å². The van der Waals surface area contributed by atoms with Crippen molar-refractivity contribution >= 4 is 36.4 Å². The van der Waals surface area contributed by atoms with E-state index in [1.807, 2.05) is 18.0 Å². The largest absolute Gasteiger partial charge is 0.462 e. The maximum Gasteiger partial charge on any atom is 0.323 e. The first-order chi connectivity index (χ1) is 20.3. The molecule has 15 heteroatoms. The number of hydrogen-bond donors (Lipinski definition) is 3. The number of nitrogens with two attached hydrogens (primary N) is 1. The van der Waals surface area contributed by atoms with Crippen molar-refractivity contribution in [3.63, 3.8) is 0 Å². The van der Waals surface area contributed by atoms with Crippen LogP contribution in [0.15, 0.2) is 36.7 Å². The Morgan fingerprint density at radius 3 is 2.65 bits per heavy atom. The summed E-state index contributed by atoms with van der Waals surface area (Å²) >= 11 is 0. The van der Waals surface area contributed by atoms with Crippen LogP contribution in [-0.2, 0) is 29.5 Å². The standard InChI is InChI=1S/C28H39FN7O6P/c1-16(2)41-25(38)17(3)34-43(39,14-18-9-7-6-8-10-18)40-13-20-22(37)28(4,29)26(42-20)36-15-31-21-23(35(5)19-11-12-19)32-27(30)33-24(21)36/h6-10,15-17,19-20,22,26,37H,11-14H2,1-5H3,(H,34,39)(H2,30,32,33)/t17-,20+,22+,26+,28+,43+/m0/s1. The van der Waals surface area contributed by atoms with Crippen molar-refractivity contribution in [3.05, 3.63) is 42.2 Å². The molecule has 2 aliphatic rings. The highest BCUT2D eigenvalue weighted by molar-refractivity contribution is 7.56. The molecule has 1 aliphatic carbocycles. The van der Waals surface area contributed by atoms with Gasteiger partial charge in [0.05, 0.1) is 25.2 Å². The molecule has 3 heterocycles. The lowest BCUT2D eigenvalue weighted by atomic mass is 9.98. The second kappa shape index (κ2) is 12.1. The van der Waals surface area contributed by atoms with E-state index in [-0.39, 0.29) is 23.9 Å². The molecule has 1 aromatic carbocycles. The summed E-state index contributed by atoms with van der Waals surface area (Å²) < 4.78 is 48.8. The van der Waals surface area contributed by atoms with Gasteiger partial charge in [-0.25, -0.2) is 14.5 Å². The van der Waals surface area contributed by atoms with Gasteiger partial charge in [-0.2, -0.15) is 9.97 Å². The topological polar surface area (TPSA) is 167 Å². The van der Waals surface area contributed by atoms with Gasteiger partial charge in [-0.05, 0) is 46.1 Å². The number of imidazole rings is 1. The third-order valence-electron chi connectivity index (χ3n) is 7.60. The lowest BCUT2D eigenvalue weighted by molar-refractivity contribution is -0.149. The molecule has 43 heavy (non-hydrogen) atoms. The fourth-order valence-corrected chi connectivity index (χ4v) is 7.18. The first-order valence-corrected chi connectivity index (χ1v) is 16.1. The summed E-state index contributed by atoms with van der Waals surface area (Å²) in [6.45, 7) is 5.73. The van der Waals surface area contributed by atoms with Crippen molar-refractivity contribution in [2.45, 2.75) is 89.0 Å². The van der Waals surface area contributed by atoms with E-state index in [1.54, 1.807) is 38.1 Å². The maximum atomic E-state index is 16.2. The van der Waals surface area contributed by atoms with Crippen LogP contribution in [-0.4, -0.2) is 80.3 Å². The summed E-state index contributed by atoms with van der Waals surface area (Å²) in [6.07, 6.45) is -1.23. The van der Waals surface area contributed by atoms with Crippen molar-refractivity contribution in [1.29, 1.82) is 0 Å². The third kappa shape index (κ3) is 6.68. The number of aliphatic hydroxyl groups excluding tert-OH is 1. The molecule has 0 bridgehead atoms. The number of hydrogen-bond acceptors (Lipinski definition) is 11. The number of esters is 1. The van der Waals surface area contributed by atoms with Gasteiger partial charge >= 0.3 is 5.97 Å². The number of aromatic nitrogens is 4. The number of nitrogens with zero attached hydrogens (tertiary/aromatic N) is 5. The molecule has 1 aliphatic heterocycles. The molecular formula is C28H39FN7O6P. The number of halogens is 1. The van der Waals surface area contributed by atoms with Crippen LogP contribution in [0.25, 0.3) is 11.2 Å². The Morgan fingerprint density at radius 1 is 1.30 bits per heavy atom. The molecule has 3 aromatic rings. The Labute approximate surface area is 249 Å². The van der Waals surface area contributed by atoms with Gasteiger partial charge in [-0.3, -0.25) is 13.9 Å². The molecule has 0 radical (unpaired) electrons. The Morgan fingerprint density at radius 2 is 2.00 bits per heavy atom. The number of carbonyl (C=O) groups excluding carboxylic acids is 1. The number of ether oxygens (including phenoxy) is 2. The fraction of sp³-hybridized carbons (Fsp3) is 0.571. The van der Waals surface area contributed by atoms with Crippen molar-refractivity contribution < 1.29 is 32.9 Å². The van der Waals surface area contributed by atoms with Gasteiger partial charge in [0.2, 0.25) is 5.95 Å². The van der Waals surface area contributed by atoms with Gasteiger partial charge in [0.15, 0.2) is 28.9 Å². The molecule has 4 N–H and O–H groups in total. The zero-order valence-corrected chi connectivity index (χ0v) is 25.8. The highest BCUT2D eigenvalue weighted by atomic mass is 31.2. The lowest BCUT2D eigenvalue weighted by Gasteiger charge is -2.26. The number of anilines is 2. The monoisotopic (exact) mass is 619 g/mol. The predicted molar refractivity (Wildman–Crippen MR) is 158 cm³/mol. The van der Waals surface area contributed by atoms with E-state index in [0.29, 0.717) is 22.9 Å². The number of aliphatic hydroxyl groups is 1. The molecule has 5 rings (SSSR count). The van der Waals surface area contributed by atoms with E-state index in [4.69, 9.17) is 19.7 Å². The normalized spacial score (nSPS) is 26.0. The minimum absolute atomic E-state index is 0.00576. The molecule has 2 aromatic heterocycles. The number of fused-ring (bicyclic) bond motifs is 1. The molecule has 2 fully saturated rings. The maximum absolute atomic E-state index is 16.2. The van der Waals surface area contributed by atoms with Crippen LogP contribution < -0.4 is 15.7 Å². The summed E-state index contributed by atoms with van der Waals surface area (Å²) in [5.41, 5.74) is 5.08. The minimum atomic E-state index is -3.79. The minimum Gasteiger partial charge on any atom is -0.462 e. The van der Waals surface area contributed by atoms with E-state index in [1.165, 1.54) is 24.7 Å². The zero-order valence-electron chi connectivity index (χ0n) is 24.9. The average Bonchev–Trinajstić information content (AvgIpc) is 3.67. The molecule has 1 saturated carbocycles. The number of nitrogen functional groups attached to an aromatic ring is 1.